The monoisotopic (exact) mass is 332 g/mol. The summed E-state index contributed by atoms with van der Waals surface area (Å²) in [6, 6.07) is 8.34. The Hall–Kier alpha value is -1.39. The number of carbonyl (C=O) groups is 1. The number of hydrogen-bond donors (Lipinski definition) is 1. The molecule has 134 valence electrons. The molecule has 1 N–H and O–H groups in total. The highest BCUT2D eigenvalue weighted by molar-refractivity contribution is 5.83. The number of nitrogens with one attached hydrogen (secondary N) is 1. The summed E-state index contributed by atoms with van der Waals surface area (Å²) in [5.74, 6) is 0.631. The molecule has 0 spiro atoms. The fourth-order valence-corrected chi connectivity index (χ4v) is 3.22. The van der Waals surface area contributed by atoms with Gasteiger partial charge in [-0.15, -0.1) is 0 Å². The minimum atomic E-state index is -0.0941. The van der Waals surface area contributed by atoms with Gasteiger partial charge in [0.15, 0.2) is 0 Å². The fraction of sp³-hybridized carbons (Fsp3) is 0.650. The van der Waals surface area contributed by atoms with Crippen molar-refractivity contribution in [3.8, 4) is 0 Å². The predicted octanol–water partition coefficient (Wildman–Crippen LogP) is 2.83. The second-order valence-electron chi connectivity index (χ2n) is 7.12. The van der Waals surface area contributed by atoms with Crippen molar-refractivity contribution < 1.29 is 9.53 Å². The zero-order valence-corrected chi connectivity index (χ0v) is 15.4. The van der Waals surface area contributed by atoms with Gasteiger partial charge in [-0.3, -0.25) is 9.69 Å². The summed E-state index contributed by atoms with van der Waals surface area (Å²) in [5, 5.41) is 3.10. The molecular formula is C20H32N2O2. The Labute approximate surface area is 146 Å². The van der Waals surface area contributed by atoms with Crippen molar-refractivity contribution >= 4 is 5.91 Å². The van der Waals surface area contributed by atoms with E-state index in [0.717, 1.165) is 57.8 Å². The Bertz CT molecular complexity index is 510. The van der Waals surface area contributed by atoms with E-state index in [1.807, 2.05) is 13.0 Å². The quantitative estimate of drug-likeness (QED) is 0.744. The molecule has 1 heterocycles. The van der Waals surface area contributed by atoms with Crippen molar-refractivity contribution in [2.24, 2.45) is 5.92 Å². The zero-order chi connectivity index (χ0) is 17.4. The van der Waals surface area contributed by atoms with Crippen LogP contribution < -0.4 is 5.32 Å². The van der Waals surface area contributed by atoms with Crippen LogP contribution in [0.4, 0.5) is 0 Å². The molecule has 1 saturated heterocycles. The summed E-state index contributed by atoms with van der Waals surface area (Å²) < 4.78 is 5.35. The second-order valence-corrected chi connectivity index (χ2v) is 7.12. The lowest BCUT2D eigenvalue weighted by molar-refractivity contribution is -0.122. The summed E-state index contributed by atoms with van der Waals surface area (Å²) in [6.45, 7) is 11.9. The van der Waals surface area contributed by atoms with Crippen LogP contribution in [0.3, 0.4) is 0 Å². The number of rotatable bonds is 8. The Morgan fingerprint density at radius 3 is 2.62 bits per heavy atom. The van der Waals surface area contributed by atoms with Gasteiger partial charge in [0.05, 0.1) is 19.1 Å². The third kappa shape index (κ3) is 5.91. The topological polar surface area (TPSA) is 41.6 Å². The third-order valence-corrected chi connectivity index (χ3v) is 4.60. The molecule has 1 atom stereocenters. The first-order valence-corrected chi connectivity index (χ1v) is 9.23. The number of hydrogen-bond acceptors (Lipinski definition) is 3. The van der Waals surface area contributed by atoms with Crippen LogP contribution in [0.1, 0.15) is 44.2 Å². The van der Waals surface area contributed by atoms with Gasteiger partial charge in [0.25, 0.3) is 0 Å². The van der Waals surface area contributed by atoms with E-state index in [4.69, 9.17) is 4.74 Å². The van der Waals surface area contributed by atoms with Gasteiger partial charge in [-0.2, -0.15) is 0 Å². The Morgan fingerprint density at radius 2 is 1.92 bits per heavy atom. The Morgan fingerprint density at radius 1 is 1.21 bits per heavy atom. The molecule has 0 saturated carbocycles. The maximum absolute atomic E-state index is 12.5. The number of carbonyl (C=O) groups excluding carboxylic acids is 1. The van der Waals surface area contributed by atoms with Crippen molar-refractivity contribution in [1.82, 2.24) is 10.2 Å². The molecule has 1 aliphatic rings. The lowest BCUT2D eigenvalue weighted by Gasteiger charge is -2.26. The van der Waals surface area contributed by atoms with Gasteiger partial charge in [0.1, 0.15) is 0 Å². The molecule has 1 aromatic carbocycles. The van der Waals surface area contributed by atoms with E-state index in [-0.39, 0.29) is 11.8 Å². The van der Waals surface area contributed by atoms with Crippen LogP contribution in [0.25, 0.3) is 0 Å². The van der Waals surface area contributed by atoms with Crippen molar-refractivity contribution in [2.45, 2.75) is 39.5 Å². The first-order chi connectivity index (χ1) is 11.6. The van der Waals surface area contributed by atoms with E-state index < -0.39 is 0 Å². The van der Waals surface area contributed by atoms with Crippen LogP contribution in [0.15, 0.2) is 24.3 Å². The molecule has 1 aliphatic heterocycles. The molecule has 24 heavy (non-hydrogen) atoms. The van der Waals surface area contributed by atoms with Gasteiger partial charge >= 0.3 is 0 Å². The summed E-state index contributed by atoms with van der Waals surface area (Å²) in [4.78, 5) is 14.9. The first-order valence-electron chi connectivity index (χ1n) is 9.23. The van der Waals surface area contributed by atoms with Crippen LogP contribution in [0.5, 0.6) is 0 Å². The van der Waals surface area contributed by atoms with Gasteiger partial charge < -0.3 is 10.1 Å². The lowest BCUT2D eigenvalue weighted by Crippen LogP contribution is -2.38. The number of nitrogens with zero attached hydrogens (tertiary/aromatic N) is 1. The molecule has 0 aliphatic carbocycles. The van der Waals surface area contributed by atoms with Gasteiger partial charge in [-0.1, -0.05) is 38.1 Å². The average molecular weight is 332 g/mol. The normalized spacial score (nSPS) is 17.0. The average Bonchev–Trinajstić information content (AvgIpc) is 2.59. The molecule has 0 bridgehead atoms. The number of morpholine rings is 1. The Balaban J connectivity index is 1.79. The minimum Gasteiger partial charge on any atom is -0.379 e. The Kier molecular flexibility index (Phi) is 7.73. The molecule has 0 aromatic heterocycles. The van der Waals surface area contributed by atoms with Crippen LogP contribution >= 0.6 is 0 Å². The van der Waals surface area contributed by atoms with E-state index in [0.29, 0.717) is 5.92 Å². The number of benzene rings is 1. The van der Waals surface area contributed by atoms with Gasteiger partial charge in [-0.25, -0.2) is 0 Å². The molecular weight excluding hydrogens is 300 g/mol. The number of amides is 1. The van der Waals surface area contributed by atoms with Crippen LogP contribution in [-0.2, 0) is 16.0 Å². The summed E-state index contributed by atoms with van der Waals surface area (Å²) in [6.07, 6.45) is 2.01. The van der Waals surface area contributed by atoms with E-state index in [9.17, 15) is 4.79 Å². The lowest BCUT2D eigenvalue weighted by atomic mass is 9.90. The number of ether oxygens (including phenoxy) is 1. The molecule has 0 unspecified atom stereocenters. The SMILES string of the molecule is CC(C)Cc1ccccc1[C@@H](C)C(=O)NCCCN1CCOCC1. The van der Waals surface area contributed by atoms with Crippen molar-refractivity contribution in [3.63, 3.8) is 0 Å². The summed E-state index contributed by atoms with van der Waals surface area (Å²) in [5.41, 5.74) is 2.46. The highest BCUT2D eigenvalue weighted by Gasteiger charge is 2.18. The van der Waals surface area contributed by atoms with E-state index in [1.54, 1.807) is 0 Å². The molecule has 1 amide bonds. The van der Waals surface area contributed by atoms with Crippen LogP contribution in [0, 0.1) is 5.92 Å². The standard InChI is InChI=1S/C20H32N2O2/c1-16(2)15-18-7-4-5-8-19(18)17(3)20(23)21-9-6-10-22-11-13-24-14-12-22/h4-5,7-8,16-17H,6,9-15H2,1-3H3,(H,21,23)/t17-/m1/s1. The highest BCUT2D eigenvalue weighted by atomic mass is 16.5. The maximum atomic E-state index is 12.5. The van der Waals surface area contributed by atoms with E-state index >= 15 is 0 Å². The minimum absolute atomic E-state index is 0.0941. The third-order valence-electron chi connectivity index (χ3n) is 4.60. The van der Waals surface area contributed by atoms with Gasteiger partial charge in [0.2, 0.25) is 5.91 Å². The molecule has 1 aromatic rings. The molecule has 2 rings (SSSR count). The van der Waals surface area contributed by atoms with Gasteiger partial charge in [-0.05, 0) is 43.4 Å². The van der Waals surface area contributed by atoms with Crippen LogP contribution in [-0.4, -0.2) is 50.2 Å². The van der Waals surface area contributed by atoms with Crippen LogP contribution in [0.2, 0.25) is 0 Å². The maximum Gasteiger partial charge on any atom is 0.227 e. The van der Waals surface area contributed by atoms with Crippen molar-refractivity contribution in [1.29, 1.82) is 0 Å². The van der Waals surface area contributed by atoms with Crippen molar-refractivity contribution in [2.75, 3.05) is 39.4 Å². The molecule has 4 nitrogen and oxygen atoms in total. The van der Waals surface area contributed by atoms with E-state index in [1.165, 1.54) is 5.56 Å². The largest absolute Gasteiger partial charge is 0.379 e. The second kappa shape index (κ2) is 9.80. The smallest absolute Gasteiger partial charge is 0.227 e. The predicted molar refractivity (Wildman–Crippen MR) is 98.3 cm³/mol. The summed E-state index contributed by atoms with van der Waals surface area (Å²) >= 11 is 0. The zero-order valence-electron chi connectivity index (χ0n) is 15.4. The van der Waals surface area contributed by atoms with Gasteiger partial charge in [0, 0.05) is 19.6 Å². The molecule has 4 heteroatoms. The summed E-state index contributed by atoms with van der Waals surface area (Å²) in [7, 11) is 0. The van der Waals surface area contributed by atoms with E-state index in [2.05, 4.69) is 42.3 Å². The molecule has 0 radical (unpaired) electrons. The highest BCUT2D eigenvalue weighted by Crippen LogP contribution is 2.22. The first kappa shape index (κ1) is 18.9. The molecule has 1 fully saturated rings. The van der Waals surface area contributed by atoms with Crippen molar-refractivity contribution in [3.05, 3.63) is 35.4 Å². The fourth-order valence-electron chi connectivity index (χ4n) is 3.22.